The molecule has 0 atom stereocenters. The first-order valence-electron chi connectivity index (χ1n) is 6.73. The van der Waals surface area contributed by atoms with E-state index in [1.165, 1.54) is 0 Å². The predicted molar refractivity (Wildman–Crippen MR) is 76.7 cm³/mol. The van der Waals surface area contributed by atoms with Crippen molar-refractivity contribution in [2.45, 2.75) is 18.8 Å². The minimum Gasteiger partial charge on any atom is -0.368 e. The van der Waals surface area contributed by atoms with Gasteiger partial charge in [0.15, 0.2) is 0 Å². The van der Waals surface area contributed by atoms with Crippen molar-refractivity contribution in [3.8, 4) is 11.3 Å². The zero-order chi connectivity index (χ0) is 13.1. The molecule has 1 aliphatic rings. The third kappa shape index (κ3) is 2.74. The van der Waals surface area contributed by atoms with Gasteiger partial charge in [-0.15, -0.1) is 0 Å². The van der Waals surface area contributed by atoms with Crippen LogP contribution in [0.15, 0.2) is 36.4 Å². The van der Waals surface area contributed by atoms with Crippen molar-refractivity contribution in [3.63, 3.8) is 0 Å². The van der Waals surface area contributed by atoms with E-state index in [-0.39, 0.29) is 0 Å². The van der Waals surface area contributed by atoms with Crippen LogP contribution in [0.2, 0.25) is 0 Å². The Balaban J connectivity index is 1.96. The van der Waals surface area contributed by atoms with Crippen LogP contribution in [0.3, 0.4) is 0 Å². The summed E-state index contributed by atoms with van der Waals surface area (Å²) < 4.78 is 0. The average molecular weight is 254 g/mol. The Morgan fingerprint density at radius 2 is 1.79 bits per heavy atom. The number of nitrogens with zero attached hydrogens (tertiary/aromatic N) is 2. The van der Waals surface area contributed by atoms with Crippen LogP contribution < -0.4 is 11.1 Å². The first-order chi connectivity index (χ1) is 9.33. The third-order valence-corrected chi connectivity index (χ3v) is 3.59. The summed E-state index contributed by atoms with van der Waals surface area (Å²) in [6.07, 6.45) is 2.23. The highest BCUT2D eigenvalue weighted by Gasteiger charge is 2.18. The second-order valence-electron chi connectivity index (χ2n) is 4.93. The fourth-order valence-corrected chi connectivity index (χ4v) is 2.57. The van der Waals surface area contributed by atoms with Gasteiger partial charge in [0, 0.05) is 17.2 Å². The SMILES string of the molecule is Nc1nc(-c2ccccc2)cc(C2CCNCC2)n1. The molecule has 3 N–H and O–H groups in total. The number of aromatic nitrogens is 2. The van der Waals surface area contributed by atoms with Crippen LogP contribution >= 0.6 is 0 Å². The molecule has 2 aromatic rings. The molecule has 0 radical (unpaired) electrons. The minimum atomic E-state index is 0.370. The molecule has 0 amide bonds. The van der Waals surface area contributed by atoms with Gasteiger partial charge in [-0.3, -0.25) is 0 Å². The predicted octanol–water partition coefficient (Wildman–Crippen LogP) is 2.19. The normalized spacial score (nSPS) is 16.4. The quantitative estimate of drug-likeness (QED) is 0.862. The Morgan fingerprint density at radius 3 is 2.53 bits per heavy atom. The van der Waals surface area contributed by atoms with Crippen molar-refractivity contribution in [3.05, 3.63) is 42.1 Å². The topological polar surface area (TPSA) is 63.8 Å². The summed E-state index contributed by atoms with van der Waals surface area (Å²) in [5.41, 5.74) is 8.95. The zero-order valence-electron chi connectivity index (χ0n) is 10.8. The van der Waals surface area contributed by atoms with Crippen molar-refractivity contribution in [1.29, 1.82) is 0 Å². The largest absolute Gasteiger partial charge is 0.368 e. The average Bonchev–Trinajstić information content (AvgIpc) is 2.48. The molecule has 19 heavy (non-hydrogen) atoms. The molecule has 0 spiro atoms. The van der Waals surface area contributed by atoms with Gasteiger partial charge in [0.2, 0.25) is 5.95 Å². The lowest BCUT2D eigenvalue weighted by Crippen LogP contribution is -2.27. The Bertz CT molecular complexity index is 547. The van der Waals surface area contributed by atoms with Gasteiger partial charge in [-0.25, -0.2) is 9.97 Å². The highest BCUT2D eigenvalue weighted by Crippen LogP contribution is 2.27. The van der Waals surface area contributed by atoms with Crippen LogP contribution in [0.25, 0.3) is 11.3 Å². The first kappa shape index (κ1) is 12.1. The van der Waals surface area contributed by atoms with E-state index in [9.17, 15) is 0 Å². The van der Waals surface area contributed by atoms with Crippen LogP contribution in [-0.2, 0) is 0 Å². The molecule has 1 aliphatic heterocycles. The highest BCUT2D eigenvalue weighted by molar-refractivity contribution is 5.60. The number of anilines is 1. The summed E-state index contributed by atoms with van der Waals surface area (Å²) in [5, 5.41) is 3.37. The fraction of sp³-hybridized carbons (Fsp3) is 0.333. The van der Waals surface area contributed by atoms with E-state index in [2.05, 4.69) is 21.4 Å². The molecule has 0 unspecified atom stereocenters. The van der Waals surface area contributed by atoms with E-state index in [0.29, 0.717) is 11.9 Å². The standard InChI is InChI=1S/C15H18N4/c16-15-18-13(11-4-2-1-3-5-11)10-14(19-15)12-6-8-17-9-7-12/h1-5,10,12,17H,6-9H2,(H2,16,18,19). The molecule has 0 aliphatic carbocycles. The molecule has 1 aromatic carbocycles. The molecule has 1 saturated heterocycles. The smallest absolute Gasteiger partial charge is 0.220 e. The molecule has 0 bridgehead atoms. The molecular formula is C15H18N4. The van der Waals surface area contributed by atoms with Crippen LogP contribution in [0, 0.1) is 0 Å². The molecule has 4 heteroatoms. The maximum absolute atomic E-state index is 5.87. The molecule has 0 saturated carbocycles. The number of nitrogens with two attached hydrogens (primary N) is 1. The minimum absolute atomic E-state index is 0.370. The third-order valence-electron chi connectivity index (χ3n) is 3.59. The van der Waals surface area contributed by atoms with Crippen LogP contribution in [0.1, 0.15) is 24.5 Å². The lowest BCUT2D eigenvalue weighted by molar-refractivity contribution is 0.453. The van der Waals surface area contributed by atoms with Gasteiger partial charge in [0.25, 0.3) is 0 Å². The van der Waals surface area contributed by atoms with Crippen molar-refractivity contribution >= 4 is 5.95 Å². The van der Waals surface area contributed by atoms with Crippen molar-refractivity contribution < 1.29 is 0 Å². The Morgan fingerprint density at radius 1 is 1.05 bits per heavy atom. The lowest BCUT2D eigenvalue weighted by atomic mass is 9.93. The van der Waals surface area contributed by atoms with E-state index in [0.717, 1.165) is 42.9 Å². The van der Waals surface area contributed by atoms with Crippen molar-refractivity contribution in [1.82, 2.24) is 15.3 Å². The summed E-state index contributed by atoms with van der Waals surface area (Å²) in [4.78, 5) is 8.77. The molecule has 1 aromatic heterocycles. The Labute approximate surface area is 113 Å². The first-order valence-corrected chi connectivity index (χ1v) is 6.73. The van der Waals surface area contributed by atoms with E-state index >= 15 is 0 Å². The highest BCUT2D eigenvalue weighted by atomic mass is 15.0. The number of hydrogen-bond donors (Lipinski definition) is 2. The maximum atomic E-state index is 5.87. The summed E-state index contributed by atoms with van der Waals surface area (Å²) in [6.45, 7) is 2.10. The van der Waals surface area contributed by atoms with Crippen LogP contribution in [0.4, 0.5) is 5.95 Å². The Hall–Kier alpha value is -1.94. The van der Waals surface area contributed by atoms with Crippen molar-refractivity contribution in [2.24, 2.45) is 0 Å². The molecule has 4 nitrogen and oxygen atoms in total. The summed E-state index contributed by atoms with van der Waals surface area (Å²) in [5.74, 6) is 0.865. The molecule has 2 heterocycles. The second kappa shape index (κ2) is 5.36. The molecule has 98 valence electrons. The van der Waals surface area contributed by atoms with Gasteiger partial charge in [0.1, 0.15) is 0 Å². The van der Waals surface area contributed by atoms with Gasteiger partial charge in [-0.1, -0.05) is 30.3 Å². The van der Waals surface area contributed by atoms with Crippen LogP contribution in [0.5, 0.6) is 0 Å². The number of nitrogen functional groups attached to an aromatic ring is 1. The fourth-order valence-electron chi connectivity index (χ4n) is 2.57. The number of rotatable bonds is 2. The van der Waals surface area contributed by atoms with Gasteiger partial charge >= 0.3 is 0 Å². The number of benzene rings is 1. The summed E-state index contributed by atoms with van der Waals surface area (Å²) in [6, 6.07) is 12.2. The van der Waals surface area contributed by atoms with Crippen molar-refractivity contribution in [2.75, 3.05) is 18.8 Å². The molecule has 3 rings (SSSR count). The van der Waals surface area contributed by atoms with Gasteiger partial charge in [-0.2, -0.15) is 0 Å². The van der Waals surface area contributed by atoms with E-state index in [1.54, 1.807) is 0 Å². The van der Waals surface area contributed by atoms with E-state index in [1.807, 2.05) is 30.3 Å². The van der Waals surface area contributed by atoms with Gasteiger partial charge < -0.3 is 11.1 Å². The van der Waals surface area contributed by atoms with Gasteiger partial charge in [-0.05, 0) is 32.0 Å². The lowest BCUT2D eigenvalue weighted by Gasteiger charge is -2.22. The maximum Gasteiger partial charge on any atom is 0.220 e. The molecule has 1 fully saturated rings. The van der Waals surface area contributed by atoms with E-state index < -0.39 is 0 Å². The molecular weight excluding hydrogens is 236 g/mol. The number of hydrogen-bond acceptors (Lipinski definition) is 4. The number of nitrogens with one attached hydrogen (secondary N) is 1. The zero-order valence-corrected chi connectivity index (χ0v) is 10.8. The Kier molecular flexibility index (Phi) is 3.42. The monoisotopic (exact) mass is 254 g/mol. The second-order valence-corrected chi connectivity index (χ2v) is 4.93. The number of piperidine rings is 1. The summed E-state index contributed by atoms with van der Waals surface area (Å²) in [7, 11) is 0. The van der Waals surface area contributed by atoms with Crippen LogP contribution in [-0.4, -0.2) is 23.1 Å². The van der Waals surface area contributed by atoms with E-state index in [4.69, 9.17) is 5.73 Å². The summed E-state index contributed by atoms with van der Waals surface area (Å²) >= 11 is 0. The van der Waals surface area contributed by atoms with Gasteiger partial charge in [0.05, 0.1) is 5.69 Å².